The molecule has 0 radical (unpaired) electrons. The highest BCUT2D eigenvalue weighted by atomic mass is 79.9. The summed E-state index contributed by atoms with van der Waals surface area (Å²) in [7, 11) is 0. The summed E-state index contributed by atoms with van der Waals surface area (Å²) in [5.74, 6) is 0. The highest BCUT2D eigenvalue weighted by Gasteiger charge is 2.10. The summed E-state index contributed by atoms with van der Waals surface area (Å²) in [6.45, 7) is 4.24. The van der Waals surface area contributed by atoms with Gasteiger partial charge in [-0.25, -0.2) is 0 Å². The number of rotatable bonds is 3. The molecule has 2 heteroatoms. The Morgan fingerprint density at radius 1 is 1.11 bits per heavy atom. The largest absolute Gasteiger partial charge is 0.324 e. The molecule has 1 nitrogen and oxygen atoms in total. The van der Waals surface area contributed by atoms with Gasteiger partial charge in [0, 0.05) is 10.5 Å². The third kappa shape index (κ3) is 3.21. The van der Waals surface area contributed by atoms with Gasteiger partial charge in [0.2, 0.25) is 0 Å². The standard InChI is InChI=1S/C16H18BrN/c1-11-6-7-15(12(2)8-11)16(18)10-13-4-3-5-14(17)9-13/h3-9,16H,10,18H2,1-2H3. The molecule has 0 amide bonds. The second-order valence-electron chi connectivity index (χ2n) is 4.80. The van der Waals surface area contributed by atoms with Crippen molar-refractivity contribution in [3.8, 4) is 0 Å². The van der Waals surface area contributed by atoms with Crippen LogP contribution in [0.3, 0.4) is 0 Å². The number of nitrogens with two attached hydrogens (primary N) is 1. The van der Waals surface area contributed by atoms with E-state index in [-0.39, 0.29) is 6.04 Å². The first-order valence-electron chi connectivity index (χ1n) is 6.13. The Morgan fingerprint density at radius 3 is 2.56 bits per heavy atom. The fourth-order valence-corrected chi connectivity index (χ4v) is 2.72. The van der Waals surface area contributed by atoms with Crippen LogP contribution in [-0.2, 0) is 6.42 Å². The molecule has 0 aliphatic rings. The highest BCUT2D eigenvalue weighted by molar-refractivity contribution is 9.10. The quantitative estimate of drug-likeness (QED) is 0.898. The van der Waals surface area contributed by atoms with E-state index in [1.165, 1.54) is 22.3 Å². The van der Waals surface area contributed by atoms with Crippen molar-refractivity contribution in [1.29, 1.82) is 0 Å². The van der Waals surface area contributed by atoms with Crippen molar-refractivity contribution in [2.24, 2.45) is 5.73 Å². The average Bonchev–Trinajstić information content (AvgIpc) is 2.28. The van der Waals surface area contributed by atoms with E-state index in [0.717, 1.165) is 10.9 Å². The van der Waals surface area contributed by atoms with Crippen LogP contribution in [0, 0.1) is 13.8 Å². The van der Waals surface area contributed by atoms with Crippen molar-refractivity contribution in [3.05, 3.63) is 69.2 Å². The summed E-state index contributed by atoms with van der Waals surface area (Å²) in [5, 5.41) is 0. The van der Waals surface area contributed by atoms with Crippen LogP contribution in [0.4, 0.5) is 0 Å². The molecule has 2 rings (SSSR count). The molecule has 0 saturated carbocycles. The minimum Gasteiger partial charge on any atom is -0.324 e. The number of aryl methyl sites for hydroxylation is 2. The molecule has 0 fully saturated rings. The van der Waals surface area contributed by atoms with E-state index in [1.807, 2.05) is 12.1 Å². The molecule has 0 aliphatic carbocycles. The Labute approximate surface area is 117 Å². The Morgan fingerprint density at radius 2 is 1.89 bits per heavy atom. The molecule has 0 bridgehead atoms. The maximum absolute atomic E-state index is 6.31. The molecule has 1 atom stereocenters. The maximum atomic E-state index is 6.31. The molecule has 2 N–H and O–H groups in total. The van der Waals surface area contributed by atoms with E-state index in [9.17, 15) is 0 Å². The summed E-state index contributed by atoms with van der Waals surface area (Å²) in [6, 6.07) is 14.9. The van der Waals surface area contributed by atoms with Gasteiger partial charge in [-0.05, 0) is 49.1 Å². The molecule has 94 valence electrons. The van der Waals surface area contributed by atoms with Crippen molar-refractivity contribution in [1.82, 2.24) is 0 Å². The number of benzene rings is 2. The van der Waals surface area contributed by atoms with Crippen LogP contribution in [0.15, 0.2) is 46.9 Å². The third-order valence-electron chi connectivity index (χ3n) is 3.17. The van der Waals surface area contributed by atoms with E-state index in [0.29, 0.717) is 0 Å². The summed E-state index contributed by atoms with van der Waals surface area (Å²) < 4.78 is 1.10. The molecule has 2 aromatic rings. The van der Waals surface area contributed by atoms with Gasteiger partial charge in [-0.1, -0.05) is 51.8 Å². The van der Waals surface area contributed by atoms with Crippen LogP contribution in [0.1, 0.15) is 28.3 Å². The minimum atomic E-state index is 0.0555. The van der Waals surface area contributed by atoms with Gasteiger partial charge in [0.1, 0.15) is 0 Å². The summed E-state index contributed by atoms with van der Waals surface area (Å²) >= 11 is 3.49. The number of hydrogen-bond donors (Lipinski definition) is 1. The van der Waals surface area contributed by atoms with Crippen molar-refractivity contribution in [2.75, 3.05) is 0 Å². The predicted octanol–water partition coefficient (Wildman–Crippen LogP) is 4.31. The lowest BCUT2D eigenvalue weighted by atomic mass is 9.95. The zero-order chi connectivity index (χ0) is 13.1. The van der Waals surface area contributed by atoms with E-state index in [2.05, 4.69) is 60.1 Å². The smallest absolute Gasteiger partial charge is 0.0338 e. The van der Waals surface area contributed by atoms with Crippen LogP contribution < -0.4 is 5.73 Å². The molecule has 2 aromatic carbocycles. The molecular weight excluding hydrogens is 286 g/mol. The van der Waals surface area contributed by atoms with E-state index < -0.39 is 0 Å². The first kappa shape index (κ1) is 13.3. The van der Waals surface area contributed by atoms with Crippen molar-refractivity contribution in [2.45, 2.75) is 26.3 Å². The van der Waals surface area contributed by atoms with E-state index in [1.54, 1.807) is 0 Å². The van der Waals surface area contributed by atoms with E-state index in [4.69, 9.17) is 5.73 Å². The molecule has 0 spiro atoms. The fourth-order valence-electron chi connectivity index (χ4n) is 2.27. The van der Waals surface area contributed by atoms with Gasteiger partial charge in [0.15, 0.2) is 0 Å². The molecule has 18 heavy (non-hydrogen) atoms. The fraction of sp³-hybridized carbons (Fsp3) is 0.250. The number of hydrogen-bond acceptors (Lipinski definition) is 1. The molecular formula is C16H18BrN. The second kappa shape index (κ2) is 5.68. The van der Waals surface area contributed by atoms with Crippen molar-refractivity contribution >= 4 is 15.9 Å². The molecule has 0 aromatic heterocycles. The van der Waals surface area contributed by atoms with Gasteiger partial charge in [0.05, 0.1) is 0 Å². The highest BCUT2D eigenvalue weighted by Crippen LogP contribution is 2.22. The van der Waals surface area contributed by atoms with Crippen LogP contribution in [0.25, 0.3) is 0 Å². The second-order valence-corrected chi connectivity index (χ2v) is 5.72. The summed E-state index contributed by atoms with van der Waals surface area (Å²) in [5.41, 5.74) is 11.4. The monoisotopic (exact) mass is 303 g/mol. The molecule has 0 aliphatic heterocycles. The molecule has 1 unspecified atom stereocenters. The third-order valence-corrected chi connectivity index (χ3v) is 3.66. The summed E-state index contributed by atoms with van der Waals surface area (Å²) in [6.07, 6.45) is 0.864. The van der Waals surface area contributed by atoms with Crippen molar-refractivity contribution in [3.63, 3.8) is 0 Å². The zero-order valence-electron chi connectivity index (χ0n) is 10.8. The Hall–Kier alpha value is -1.12. The van der Waals surface area contributed by atoms with Crippen LogP contribution in [-0.4, -0.2) is 0 Å². The van der Waals surface area contributed by atoms with Gasteiger partial charge in [-0.3, -0.25) is 0 Å². The van der Waals surface area contributed by atoms with Gasteiger partial charge >= 0.3 is 0 Å². The lowest BCUT2D eigenvalue weighted by molar-refractivity contribution is 0.716. The predicted molar refractivity (Wildman–Crippen MR) is 80.7 cm³/mol. The Balaban J connectivity index is 2.19. The van der Waals surface area contributed by atoms with Crippen molar-refractivity contribution < 1.29 is 0 Å². The van der Waals surface area contributed by atoms with E-state index >= 15 is 0 Å². The van der Waals surface area contributed by atoms with Crippen LogP contribution in [0.5, 0.6) is 0 Å². The normalized spacial score (nSPS) is 12.4. The van der Waals surface area contributed by atoms with Gasteiger partial charge in [0.25, 0.3) is 0 Å². The SMILES string of the molecule is Cc1ccc(C(N)Cc2cccc(Br)c2)c(C)c1. The summed E-state index contributed by atoms with van der Waals surface area (Å²) in [4.78, 5) is 0. The first-order valence-corrected chi connectivity index (χ1v) is 6.93. The zero-order valence-corrected chi connectivity index (χ0v) is 12.4. The Bertz CT molecular complexity index is 549. The average molecular weight is 304 g/mol. The number of halogens is 1. The van der Waals surface area contributed by atoms with Gasteiger partial charge in [-0.2, -0.15) is 0 Å². The molecule has 0 saturated heterocycles. The van der Waals surface area contributed by atoms with Gasteiger partial charge < -0.3 is 5.73 Å². The topological polar surface area (TPSA) is 26.0 Å². The minimum absolute atomic E-state index is 0.0555. The first-order chi connectivity index (χ1) is 8.56. The lowest BCUT2D eigenvalue weighted by Crippen LogP contribution is -2.14. The van der Waals surface area contributed by atoms with Crippen LogP contribution >= 0.6 is 15.9 Å². The lowest BCUT2D eigenvalue weighted by Gasteiger charge is -2.15. The van der Waals surface area contributed by atoms with Gasteiger partial charge in [-0.15, -0.1) is 0 Å². The Kier molecular flexibility index (Phi) is 4.20. The maximum Gasteiger partial charge on any atom is 0.0338 e. The van der Waals surface area contributed by atoms with Crippen LogP contribution in [0.2, 0.25) is 0 Å². The molecule has 0 heterocycles.